The fourth-order valence-corrected chi connectivity index (χ4v) is 2.18. The highest BCUT2D eigenvalue weighted by atomic mass is 35.5. The van der Waals surface area contributed by atoms with Crippen LogP contribution in [0.25, 0.3) is 0 Å². The molecule has 1 heterocycles. The smallest absolute Gasteiger partial charge is 0.196 e. The van der Waals surface area contributed by atoms with Gasteiger partial charge in [0.05, 0.1) is 6.21 Å². The Hall–Kier alpha value is -1.03. The number of hydrogen-bond donors (Lipinski definition) is 2. The van der Waals surface area contributed by atoms with Crippen LogP contribution in [0.1, 0.15) is 25.7 Å². The molecule has 0 amide bonds. The summed E-state index contributed by atoms with van der Waals surface area (Å²) in [5.41, 5.74) is 0.630. The van der Waals surface area contributed by atoms with Crippen LogP contribution >= 0.6 is 11.6 Å². The van der Waals surface area contributed by atoms with Gasteiger partial charge in [0, 0.05) is 6.04 Å². The van der Waals surface area contributed by atoms with Crippen molar-refractivity contribution in [2.24, 2.45) is 4.99 Å². The Morgan fingerprint density at radius 2 is 2.44 bits per heavy atom. The predicted octanol–water partition coefficient (Wildman–Crippen LogP) is 2.41. The van der Waals surface area contributed by atoms with Gasteiger partial charge in [-0.3, -0.25) is 0 Å². The quantitative estimate of drug-likeness (QED) is 0.444. The maximum atomic E-state index is 13.4. The first-order chi connectivity index (χ1) is 7.65. The molecule has 0 aromatic heterocycles. The Morgan fingerprint density at radius 1 is 1.62 bits per heavy atom. The van der Waals surface area contributed by atoms with Crippen LogP contribution in [-0.2, 0) is 0 Å². The van der Waals surface area contributed by atoms with E-state index in [1.807, 2.05) is 0 Å². The van der Waals surface area contributed by atoms with Crippen LogP contribution in [0.3, 0.4) is 0 Å². The van der Waals surface area contributed by atoms with Gasteiger partial charge in [0.25, 0.3) is 0 Å². The van der Waals surface area contributed by atoms with Crippen molar-refractivity contribution in [3.05, 3.63) is 23.8 Å². The molecule has 88 valence electrons. The third-order valence-corrected chi connectivity index (χ3v) is 3.01. The van der Waals surface area contributed by atoms with Gasteiger partial charge in [-0.25, -0.2) is 9.38 Å². The zero-order valence-corrected chi connectivity index (χ0v) is 9.73. The molecule has 1 aliphatic heterocycles. The number of nitrogens with one attached hydrogen (secondary N) is 2. The molecule has 5 heteroatoms. The van der Waals surface area contributed by atoms with Gasteiger partial charge in [0.15, 0.2) is 11.5 Å². The Balaban J connectivity index is 1.98. The van der Waals surface area contributed by atoms with Crippen LogP contribution in [0.5, 0.6) is 0 Å². The second-order valence-corrected chi connectivity index (χ2v) is 4.58. The minimum atomic E-state index is -0.589. The summed E-state index contributed by atoms with van der Waals surface area (Å²) < 4.78 is 13.4. The number of alkyl halides is 1. The van der Waals surface area contributed by atoms with Gasteiger partial charge in [0.2, 0.25) is 0 Å². The van der Waals surface area contributed by atoms with E-state index in [1.54, 1.807) is 0 Å². The lowest BCUT2D eigenvalue weighted by Crippen LogP contribution is -2.40. The van der Waals surface area contributed by atoms with Gasteiger partial charge >= 0.3 is 0 Å². The Kier molecular flexibility index (Phi) is 3.49. The van der Waals surface area contributed by atoms with Crippen LogP contribution in [0, 0.1) is 0 Å². The molecule has 0 aromatic rings. The van der Waals surface area contributed by atoms with Crippen molar-refractivity contribution >= 4 is 17.8 Å². The first-order valence-corrected chi connectivity index (χ1v) is 5.85. The molecule has 2 N–H and O–H groups in total. The Bertz CT molecular complexity index is 351. The summed E-state index contributed by atoms with van der Waals surface area (Å²) in [6.45, 7) is 3.97. The van der Waals surface area contributed by atoms with Gasteiger partial charge in [-0.15, -0.1) is 0 Å². The van der Waals surface area contributed by atoms with E-state index in [9.17, 15) is 4.39 Å². The summed E-state index contributed by atoms with van der Waals surface area (Å²) >= 11 is 5.76. The van der Waals surface area contributed by atoms with E-state index >= 15 is 0 Å². The lowest BCUT2D eigenvalue weighted by Gasteiger charge is -2.28. The highest BCUT2D eigenvalue weighted by Crippen LogP contribution is 2.23. The fourth-order valence-electron chi connectivity index (χ4n) is 2.01. The van der Waals surface area contributed by atoms with E-state index < -0.39 is 11.5 Å². The molecule has 2 aliphatic rings. The molecule has 0 saturated heterocycles. The van der Waals surface area contributed by atoms with Crippen LogP contribution in [0.15, 0.2) is 28.8 Å². The first-order valence-electron chi connectivity index (χ1n) is 5.42. The summed E-state index contributed by atoms with van der Waals surface area (Å²) in [5.74, 6) is -0.0530. The van der Waals surface area contributed by atoms with Gasteiger partial charge in [-0.2, -0.15) is 0 Å². The average Bonchev–Trinajstić information content (AvgIpc) is 2.24. The summed E-state index contributed by atoms with van der Waals surface area (Å²) in [4.78, 5) is 3.71. The molecule has 1 unspecified atom stereocenters. The van der Waals surface area contributed by atoms with E-state index in [0.29, 0.717) is 5.82 Å². The number of nitrogens with zero attached hydrogens (tertiary/aromatic N) is 1. The predicted molar refractivity (Wildman–Crippen MR) is 63.9 cm³/mol. The molecule has 0 bridgehead atoms. The van der Waals surface area contributed by atoms with Gasteiger partial charge < -0.3 is 10.6 Å². The van der Waals surface area contributed by atoms with Crippen LogP contribution < -0.4 is 10.6 Å². The highest BCUT2D eigenvalue weighted by molar-refractivity contribution is 6.21. The zero-order chi connectivity index (χ0) is 11.5. The van der Waals surface area contributed by atoms with Gasteiger partial charge in [0.1, 0.15) is 5.82 Å². The number of allylic oxidation sites excluding steroid dienone is 1. The first kappa shape index (κ1) is 11.5. The van der Waals surface area contributed by atoms with E-state index in [2.05, 4.69) is 22.2 Å². The van der Waals surface area contributed by atoms with Crippen LogP contribution in [0.4, 0.5) is 4.39 Å². The number of aliphatic imine (C=N–C) groups is 1. The highest BCUT2D eigenvalue weighted by Gasteiger charge is 2.20. The molecule has 2 atom stereocenters. The second kappa shape index (κ2) is 4.87. The molecular formula is C11H15ClFN3. The van der Waals surface area contributed by atoms with Crippen molar-refractivity contribution in [3.8, 4) is 0 Å². The van der Waals surface area contributed by atoms with E-state index in [4.69, 9.17) is 11.6 Å². The van der Waals surface area contributed by atoms with Crippen molar-refractivity contribution in [1.82, 2.24) is 10.6 Å². The minimum absolute atomic E-state index is 0.241. The molecule has 16 heavy (non-hydrogen) atoms. The van der Waals surface area contributed by atoms with Gasteiger partial charge in [-0.1, -0.05) is 23.8 Å². The maximum Gasteiger partial charge on any atom is 0.196 e. The second-order valence-electron chi connectivity index (χ2n) is 4.17. The number of rotatable bonds is 2. The Labute approximate surface area is 99.5 Å². The summed E-state index contributed by atoms with van der Waals surface area (Å²) in [6, 6.07) is 0.241. The van der Waals surface area contributed by atoms with E-state index in [0.717, 1.165) is 31.9 Å². The minimum Gasteiger partial charge on any atom is -0.366 e. The average molecular weight is 244 g/mol. The lowest BCUT2D eigenvalue weighted by molar-refractivity contribution is 0.432. The molecule has 3 nitrogen and oxygen atoms in total. The fraction of sp³-hybridized carbons (Fsp3) is 0.545. The number of hydrogen-bond acceptors (Lipinski definition) is 3. The topological polar surface area (TPSA) is 36.4 Å². The molecule has 1 fully saturated rings. The molecule has 0 aromatic carbocycles. The van der Waals surface area contributed by atoms with Crippen molar-refractivity contribution in [3.63, 3.8) is 0 Å². The van der Waals surface area contributed by atoms with Crippen LogP contribution in [-0.4, -0.2) is 17.9 Å². The molecule has 0 radical (unpaired) electrons. The zero-order valence-electron chi connectivity index (χ0n) is 8.97. The summed E-state index contributed by atoms with van der Waals surface area (Å²) in [6.07, 6.45) is 5.24. The van der Waals surface area contributed by atoms with Crippen LogP contribution in [0.2, 0.25) is 0 Å². The maximum absolute atomic E-state index is 13.4. The van der Waals surface area contributed by atoms with Crippen molar-refractivity contribution in [1.29, 1.82) is 0 Å². The molecule has 1 saturated carbocycles. The van der Waals surface area contributed by atoms with E-state index in [-0.39, 0.29) is 6.04 Å². The van der Waals surface area contributed by atoms with Gasteiger partial charge in [-0.05, 0) is 25.7 Å². The molecule has 0 spiro atoms. The molecule has 1 aliphatic carbocycles. The standard InChI is InChI=1S/C11H15ClFN3/c1-7-3-2-4-8(5-7)15-10-9(13)6-14-11(12)16-10/h6,8,11,15-16H,1-5H2/t8-,11?/m0/s1. The van der Waals surface area contributed by atoms with Crippen molar-refractivity contribution in [2.45, 2.75) is 37.4 Å². The third-order valence-electron chi connectivity index (χ3n) is 2.79. The molecule has 2 rings (SSSR count). The monoisotopic (exact) mass is 243 g/mol. The van der Waals surface area contributed by atoms with E-state index in [1.165, 1.54) is 5.57 Å². The SMILES string of the molecule is C=C1CCC[C@H](NC2=C(F)C=NC(Cl)N2)C1. The Morgan fingerprint density at radius 3 is 3.19 bits per heavy atom. The van der Waals surface area contributed by atoms with Crippen molar-refractivity contribution < 1.29 is 4.39 Å². The largest absolute Gasteiger partial charge is 0.366 e. The molecular weight excluding hydrogens is 229 g/mol. The van der Waals surface area contributed by atoms with Crippen molar-refractivity contribution in [2.75, 3.05) is 0 Å². The third kappa shape index (κ3) is 2.76. The number of halogens is 2. The lowest BCUT2D eigenvalue weighted by atomic mass is 9.92. The summed E-state index contributed by atoms with van der Waals surface area (Å²) in [5, 5.41) is 5.88. The normalized spacial score (nSPS) is 30.2. The summed E-state index contributed by atoms with van der Waals surface area (Å²) in [7, 11) is 0.